The lowest BCUT2D eigenvalue weighted by Crippen LogP contribution is -1.94. The molecule has 1 aromatic carbocycles. The van der Waals surface area contributed by atoms with Crippen LogP contribution in [0.25, 0.3) is 10.9 Å². The van der Waals surface area contributed by atoms with Crippen LogP contribution in [0.4, 0.5) is 5.69 Å². The fourth-order valence-corrected chi connectivity index (χ4v) is 1.37. The summed E-state index contributed by atoms with van der Waals surface area (Å²) in [7, 11) is 0. The first-order valence-electron chi connectivity index (χ1n) is 4.88. The van der Waals surface area contributed by atoms with Gasteiger partial charge in [0.15, 0.2) is 0 Å². The van der Waals surface area contributed by atoms with Crippen LogP contribution in [0.2, 0.25) is 0 Å². The molecule has 15 heavy (non-hydrogen) atoms. The molecule has 1 heterocycles. The van der Waals surface area contributed by atoms with E-state index in [1.807, 2.05) is 44.2 Å². The second-order valence-electron chi connectivity index (χ2n) is 3.55. The lowest BCUT2D eigenvalue weighted by Gasteiger charge is -2.04. The Bertz CT molecular complexity index is 494. The molecule has 2 rings (SSSR count). The molecule has 0 saturated heterocycles. The molecule has 3 heteroatoms. The third-order valence-electron chi connectivity index (χ3n) is 2.03. The highest BCUT2D eigenvalue weighted by Crippen LogP contribution is 2.20. The Kier molecular flexibility index (Phi) is 2.63. The fraction of sp³-hybridized carbons (Fsp3) is 0.167. The minimum Gasteiger partial charge on any atom is -0.276 e. The van der Waals surface area contributed by atoms with Gasteiger partial charge in [0.2, 0.25) is 0 Å². The van der Waals surface area contributed by atoms with Crippen LogP contribution in [0.1, 0.15) is 13.8 Å². The second-order valence-corrected chi connectivity index (χ2v) is 3.55. The summed E-state index contributed by atoms with van der Waals surface area (Å²) in [6.07, 6.45) is 1.79. The van der Waals surface area contributed by atoms with E-state index in [1.165, 1.54) is 0 Å². The first-order valence-corrected chi connectivity index (χ1v) is 4.88. The zero-order valence-electron chi connectivity index (χ0n) is 8.86. The van der Waals surface area contributed by atoms with E-state index >= 15 is 0 Å². The van der Waals surface area contributed by atoms with Crippen LogP contribution < -0.4 is 5.43 Å². The molecular formula is C12H13N3. The van der Waals surface area contributed by atoms with E-state index in [0.29, 0.717) is 0 Å². The maximum absolute atomic E-state index is 4.33. The molecular weight excluding hydrogens is 186 g/mol. The molecule has 0 radical (unpaired) electrons. The Labute approximate surface area is 88.8 Å². The number of benzene rings is 1. The molecule has 1 N–H and O–H groups in total. The topological polar surface area (TPSA) is 37.3 Å². The molecule has 0 unspecified atom stereocenters. The van der Waals surface area contributed by atoms with Crippen LogP contribution in [0, 0.1) is 0 Å². The molecule has 0 aliphatic rings. The lowest BCUT2D eigenvalue weighted by molar-refractivity contribution is 1.31. The van der Waals surface area contributed by atoms with Gasteiger partial charge < -0.3 is 0 Å². The predicted molar refractivity (Wildman–Crippen MR) is 64.1 cm³/mol. The van der Waals surface area contributed by atoms with E-state index in [-0.39, 0.29) is 0 Å². The number of fused-ring (bicyclic) bond motifs is 1. The summed E-state index contributed by atoms with van der Waals surface area (Å²) in [6.45, 7) is 3.90. The van der Waals surface area contributed by atoms with Crippen LogP contribution in [0.5, 0.6) is 0 Å². The van der Waals surface area contributed by atoms with Gasteiger partial charge in [0, 0.05) is 17.3 Å². The first-order chi connectivity index (χ1) is 7.27. The zero-order valence-corrected chi connectivity index (χ0v) is 8.86. The van der Waals surface area contributed by atoms with Gasteiger partial charge in [0.05, 0.1) is 11.2 Å². The average molecular weight is 199 g/mol. The second kappa shape index (κ2) is 4.09. The molecule has 0 atom stereocenters. The van der Waals surface area contributed by atoms with Crippen molar-refractivity contribution in [1.82, 2.24) is 4.98 Å². The molecule has 3 nitrogen and oxygen atoms in total. The number of nitrogens with zero attached hydrogens (tertiary/aromatic N) is 2. The van der Waals surface area contributed by atoms with Crippen molar-refractivity contribution in [3.05, 3.63) is 36.5 Å². The highest BCUT2D eigenvalue weighted by Gasteiger charge is 1.99. The number of hydrogen-bond donors (Lipinski definition) is 1. The smallest absolute Gasteiger partial charge is 0.0951 e. The molecule has 2 aromatic rings. The molecule has 0 amide bonds. The molecule has 76 valence electrons. The van der Waals surface area contributed by atoms with Gasteiger partial charge in [-0.15, -0.1) is 0 Å². The van der Waals surface area contributed by atoms with Crippen molar-refractivity contribution >= 4 is 22.3 Å². The number of rotatable bonds is 2. The highest BCUT2D eigenvalue weighted by molar-refractivity contribution is 5.90. The van der Waals surface area contributed by atoms with E-state index in [1.54, 1.807) is 6.20 Å². The molecule has 0 fully saturated rings. The largest absolute Gasteiger partial charge is 0.276 e. The SMILES string of the molecule is CC(C)=NNc1cccc2cccnc12. The number of hydrazone groups is 1. The van der Waals surface area contributed by atoms with Gasteiger partial charge in [-0.1, -0.05) is 18.2 Å². The number of anilines is 1. The number of pyridine rings is 1. The van der Waals surface area contributed by atoms with Crippen molar-refractivity contribution < 1.29 is 0 Å². The minimum atomic E-state index is 0.939. The first kappa shape index (κ1) is 9.65. The monoisotopic (exact) mass is 199 g/mol. The summed E-state index contributed by atoms with van der Waals surface area (Å²) in [6, 6.07) is 9.97. The van der Waals surface area contributed by atoms with Crippen molar-refractivity contribution in [1.29, 1.82) is 0 Å². The quantitative estimate of drug-likeness (QED) is 0.596. The fourth-order valence-electron chi connectivity index (χ4n) is 1.37. The van der Waals surface area contributed by atoms with Gasteiger partial charge in [-0.2, -0.15) is 5.10 Å². The van der Waals surface area contributed by atoms with Crippen LogP contribution in [0.3, 0.4) is 0 Å². The summed E-state index contributed by atoms with van der Waals surface area (Å²) in [4.78, 5) is 4.33. The number of aromatic nitrogens is 1. The van der Waals surface area contributed by atoms with E-state index in [2.05, 4.69) is 15.5 Å². The molecule has 0 spiro atoms. The van der Waals surface area contributed by atoms with E-state index in [9.17, 15) is 0 Å². The Morgan fingerprint density at radius 2 is 2.00 bits per heavy atom. The average Bonchev–Trinajstić information content (AvgIpc) is 2.26. The third-order valence-corrected chi connectivity index (χ3v) is 2.03. The minimum absolute atomic E-state index is 0.939. The van der Waals surface area contributed by atoms with E-state index < -0.39 is 0 Å². The predicted octanol–water partition coefficient (Wildman–Crippen LogP) is 3.04. The Morgan fingerprint density at radius 3 is 2.80 bits per heavy atom. The van der Waals surface area contributed by atoms with Crippen molar-refractivity contribution in [2.75, 3.05) is 5.43 Å². The summed E-state index contributed by atoms with van der Waals surface area (Å²) < 4.78 is 0. The third kappa shape index (κ3) is 2.13. The molecule has 0 saturated carbocycles. The van der Waals surface area contributed by atoms with Crippen LogP contribution in [-0.4, -0.2) is 10.7 Å². The maximum Gasteiger partial charge on any atom is 0.0951 e. The Morgan fingerprint density at radius 1 is 1.20 bits per heavy atom. The van der Waals surface area contributed by atoms with Crippen LogP contribution in [0.15, 0.2) is 41.6 Å². The van der Waals surface area contributed by atoms with Gasteiger partial charge in [-0.05, 0) is 26.0 Å². The molecule has 0 aliphatic carbocycles. The summed E-state index contributed by atoms with van der Waals surface area (Å²) in [5, 5.41) is 5.29. The Hall–Kier alpha value is -1.90. The van der Waals surface area contributed by atoms with Gasteiger partial charge >= 0.3 is 0 Å². The van der Waals surface area contributed by atoms with Crippen molar-refractivity contribution in [3.8, 4) is 0 Å². The van der Waals surface area contributed by atoms with Gasteiger partial charge in [-0.25, -0.2) is 0 Å². The number of nitrogens with one attached hydrogen (secondary N) is 1. The summed E-state index contributed by atoms with van der Waals surface area (Å²) >= 11 is 0. The molecule has 0 bridgehead atoms. The summed E-state index contributed by atoms with van der Waals surface area (Å²) in [5.74, 6) is 0. The molecule has 1 aromatic heterocycles. The normalized spacial score (nSPS) is 10.0. The standard InChI is InChI=1S/C12H13N3/c1-9(2)14-15-11-7-3-5-10-6-4-8-13-12(10)11/h3-8,15H,1-2H3. The maximum atomic E-state index is 4.33. The molecule has 0 aliphatic heterocycles. The van der Waals surface area contributed by atoms with Gasteiger partial charge in [0.1, 0.15) is 0 Å². The Balaban J connectivity index is 2.47. The van der Waals surface area contributed by atoms with Gasteiger partial charge in [-0.3, -0.25) is 10.4 Å². The van der Waals surface area contributed by atoms with Crippen molar-refractivity contribution in [2.24, 2.45) is 5.10 Å². The summed E-state index contributed by atoms with van der Waals surface area (Å²) in [5.41, 5.74) is 5.89. The van der Waals surface area contributed by atoms with Crippen molar-refractivity contribution in [3.63, 3.8) is 0 Å². The van der Waals surface area contributed by atoms with Crippen molar-refractivity contribution in [2.45, 2.75) is 13.8 Å². The van der Waals surface area contributed by atoms with Crippen LogP contribution >= 0.6 is 0 Å². The number of hydrogen-bond acceptors (Lipinski definition) is 3. The highest BCUT2D eigenvalue weighted by atomic mass is 15.3. The zero-order chi connectivity index (χ0) is 10.7. The number of para-hydroxylation sites is 1. The van der Waals surface area contributed by atoms with Crippen LogP contribution in [-0.2, 0) is 0 Å². The van der Waals surface area contributed by atoms with E-state index in [4.69, 9.17) is 0 Å². The van der Waals surface area contributed by atoms with Gasteiger partial charge in [0.25, 0.3) is 0 Å². The lowest BCUT2D eigenvalue weighted by atomic mass is 10.2. The van der Waals surface area contributed by atoms with E-state index in [0.717, 1.165) is 22.3 Å².